The molecule has 3 aromatic rings. The highest BCUT2D eigenvalue weighted by atomic mass is 79.9. The molecule has 1 heterocycles. The molecule has 1 N–H and O–H groups in total. The molecule has 0 aliphatic rings. The fourth-order valence-corrected chi connectivity index (χ4v) is 3.79. The van der Waals surface area contributed by atoms with Crippen molar-refractivity contribution in [2.45, 2.75) is 26.6 Å². The van der Waals surface area contributed by atoms with Gasteiger partial charge in [0.2, 0.25) is 0 Å². The summed E-state index contributed by atoms with van der Waals surface area (Å²) in [5, 5.41) is 6.59. The van der Waals surface area contributed by atoms with Gasteiger partial charge >= 0.3 is 0 Å². The highest BCUT2D eigenvalue weighted by Crippen LogP contribution is 2.37. The number of rotatable bonds is 8. The number of nitrogens with zero attached hydrogens (tertiary/aromatic N) is 1. The van der Waals surface area contributed by atoms with E-state index in [1.807, 2.05) is 43.3 Å². The van der Waals surface area contributed by atoms with E-state index in [9.17, 15) is 0 Å². The Labute approximate surface area is 166 Å². The molecule has 4 nitrogen and oxygen atoms in total. The number of hydrogen-bond donors (Lipinski definition) is 1. The molecular formula is C20H21BrN2O2S. The summed E-state index contributed by atoms with van der Waals surface area (Å²) in [5.41, 5.74) is 3.31. The first-order valence-corrected chi connectivity index (χ1v) is 9.98. The third kappa shape index (κ3) is 5.06. The van der Waals surface area contributed by atoms with E-state index in [0.29, 0.717) is 6.61 Å². The van der Waals surface area contributed by atoms with Gasteiger partial charge in [0.25, 0.3) is 0 Å². The van der Waals surface area contributed by atoms with Gasteiger partial charge in [0.15, 0.2) is 11.5 Å². The molecule has 0 bridgehead atoms. The lowest BCUT2D eigenvalue weighted by molar-refractivity contribution is 0.282. The maximum atomic E-state index is 5.98. The van der Waals surface area contributed by atoms with E-state index in [0.717, 1.165) is 50.9 Å². The minimum atomic E-state index is 0.497. The number of hydrogen-bond acceptors (Lipinski definition) is 5. The van der Waals surface area contributed by atoms with Crippen LogP contribution in [0.1, 0.15) is 21.8 Å². The second kappa shape index (κ2) is 9.16. The van der Waals surface area contributed by atoms with Crippen molar-refractivity contribution in [2.75, 3.05) is 7.11 Å². The van der Waals surface area contributed by atoms with Crippen LogP contribution in [0.4, 0.5) is 0 Å². The van der Waals surface area contributed by atoms with E-state index in [1.165, 1.54) is 0 Å². The number of nitrogens with one attached hydrogen (secondary N) is 1. The number of benzene rings is 2. The van der Waals surface area contributed by atoms with Crippen LogP contribution in [-0.4, -0.2) is 12.1 Å². The molecule has 3 rings (SSSR count). The molecular weight excluding hydrogens is 412 g/mol. The predicted molar refractivity (Wildman–Crippen MR) is 109 cm³/mol. The third-order valence-corrected chi connectivity index (χ3v) is 5.23. The number of ether oxygens (including phenoxy) is 2. The van der Waals surface area contributed by atoms with Crippen molar-refractivity contribution in [3.8, 4) is 11.5 Å². The Hall–Kier alpha value is -1.89. The van der Waals surface area contributed by atoms with Crippen LogP contribution in [0, 0.1) is 6.92 Å². The molecule has 2 aromatic carbocycles. The first-order valence-electron chi connectivity index (χ1n) is 8.30. The second-order valence-corrected chi connectivity index (χ2v) is 7.76. The Balaban J connectivity index is 1.64. The zero-order valence-corrected chi connectivity index (χ0v) is 17.2. The van der Waals surface area contributed by atoms with Crippen LogP contribution < -0.4 is 14.8 Å². The van der Waals surface area contributed by atoms with E-state index >= 15 is 0 Å². The number of thiazole rings is 1. The van der Waals surface area contributed by atoms with Crippen molar-refractivity contribution in [3.05, 3.63) is 74.1 Å². The Morgan fingerprint density at radius 1 is 1.12 bits per heavy atom. The first-order chi connectivity index (χ1) is 12.7. The van der Waals surface area contributed by atoms with Gasteiger partial charge in [-0.2, -0.15) is 0 Å². The predicted octanol–water partition coefficient (Wildman–Crippen LogP) is 5.09. The van der Waals surface area contributed by atoms with Crippen molar-refractivity contribution >= 4 is 27.3 Å². The fraction of sp³-hybridized carbons (Fsp3) is 0.250. The number of aryl methyl sites for hydroxylation is 1. The number of methoxy groups -OCH3 is 1. The molecule has 0 aliphatic heterocycles. The topological polar surface area (TPSA) is 43.4 Å². The molecule has 0 aliphatic carbocycles. The summed E-state index contributed by atoms with van der Waals surface area (Å²) in [7, 11) is 1.66. The van der Waals surface area contributed by atoms with Crippen LogP contribution in [0.3, 0.4) is 0 Å². The van der Waals surface area contributed by atoms with Crippen LogP contribution in [0.2, 0.25) is 0 Å². The quantitative estimate of drug-likeness (QED) is 0.538. The van der Waals surface area contributed by atoms with Gasteiger partial charge in [-0.25, -0.2) is 4.98 Å². The lowest BCUT2D eigenvalue weighted by Gasteiger charge is -2.15. The van der Waals surface area contributed by atoms with Crippen LogP contribution >= 0.6 is 27.3 Å². The van der Waals surface area contributed by atoms with Gasteiger partial charge in [-0.05, 0) is 46.1 Å². The maximum Gasteiger partial charge on any atom is 0.175 e. The Morgan fingerprint density at radius 2 is 1.92 bits per heavy atom. The maximum absolute atomic E-state index is 5.98. The lowest BCUT2D eigenvalue weighted by Crippen LogP contribution is -2.13. The van der Waals surface area contributed by atoms with Gasteiger partial charge < -0.3 is 14.8 Å². The van der Waals surface area contributed by atoms with E-state index in [2.05, 4.69) is 37.7 Å². The summed E-state index contributed by atoms with van der Waals surface area (Å²) < 4.78 is 12.4. The van der Waals surface area contributed by atoms with Gasteiger partial charge in [0.1, 0.15) is 6.61 Å². The van der Waals surface area contributed by atoms with E-state index < -0.39 is 0 Å². The largest absolute Gasteiger partial charge is 0.493 e. The monoisotopic (exact) mass is 432 g/mol. The van der Waals surface area contributed by atoms with Crippen molar-refractivity contribution in [3.63, 3.8) is 0 Å². The van der Waals surface area contributed by atoms with Gasteiger partial charge in [-0.3, -0.25) is 0 Å². The van der Waals surface area contributed by atoms with E-state index in [1.54, 1.807) is 18.4 Å². The highest BCUT2D eigenvalue weighted by Gasteiger charge is 2.12. The molecule has 0 unspecified atom stereocenters. The summed E-state index contributed by atoms with van der Waals surface area (Å²) in [4.78, 5) is 4.46. The van der Waals surface area contributed by atoms with Crippen molar-refractivity contribution < 1.29 is 9.47 Å². The summed E-state index contributed by atoms with van der Waals surface area (Å²) in [6.45, 7) is 3.99. The number of aromatic nitrogens is 1. The molecule has 0 radical (unpaired) electrons. The average Bonchev–Trinajstić information content (AvgIpc) is 3.06. The summed E-state index contributed by atoms with van der Waals surface area (Å²) in [5.74, 6) is 1.44. The van der Waals surface area contributed by atoms with Gasteiger partial charge in [-0.1, -0.05) is 30.3 Å². The highest BCUT2D eigenvalue weighted by molar-refractivity contribution is 9.10. The Morgan fingerprint density at radius 3 is 2.62 bits per heavy atom. The Kier molecular flexibility index (Phi) is 6.66. The molecule has 6 heteroatoms. The fourth-order valence-electron chi connectivity index (χ4n) is 2.57. The van der Waals surface area contributed by atoms with Crippen LogP contribution in [-0.2, 0) is 19.7 Å². The standard InChI is InChI=1S/C20H21BrN2O2S/c1-14-23-17(13-26-14)11-22-10-16-8-18(21)20(19(9-16)24-2)25-12-15-6-4-3-5-7-15/h3-9,13,22H,10-12H2,1-2H3. The summed E-state index contributed by atoms with van der Waals surface area (Å²) in [6.07, 6.45) is 0. The average molecular weight is 433 g/mol. The molecule has 0 spiro atoms. The van der Waals surface area contributed by atoms with E-state index in [4.69, 9.17) is 9.47 Å². The molecule has 0 amide bonds. The lowest BCUT2D eigenvalue weighted by atomic mass is 10.2. The van der Waals surface area contributed by atoms with E-state index in [-0.39, 0.29) is 0 Å². The molecule has 0 saturated heterocycles. The first kappa shape index (κ1) is 18.9. The zero-order chi connectivity index (χ0) is 18.4. The normalized spacial score (nSPS) is 10.7. The van der Waals surface area contributed by atoms with Crippen molar-refractivity contribution in [1.82, 2.24) is 10.3 Å². The number of halogens is 1. The summed E-state index contributed by atoms with van der Waals surface area (Å²) >= 11 is 5.28. The molecule has 0 fully saturated rings. The van der Waals surface area contributed by atoms with Crippen molar-refractivity contribution in [2.24, 2.45) is 0 Å². The Bertz CT molecular complexity index is 852. The molecule has 1 aromatic heterocycles. The minimum Gasteiger partial charge on any atom is -0.493 e. The van der Waals surface area contributed by atoms with Gasteiger partial charge in [0.05, 0.1) is 22.3 Å². The van der Waals surface area contributed by atoms with Crippen LogP contribution in [0.5, 0.6) is 11.5 Å². The van der Waals surface area contributed by atoms with Gasteiger partial charge in [0, 0.05) is 18.5 Å². The molecule has 26 heavy (non-hydrogen) atoms. The SMILES string of the molecule is COc1cc(CNCc2csc(C)n2)cc(Br)c1OCc1ccccc1. The molecule has 0 saturated carbocycles. The van der Waals surface area contributed by atoms with Gasteiger partial charge in [-0.15, -0.1) is 11.3 Å². The molecule has 136 valence electrons. The molecule has 0 atom stereocenters. The zero-order valence-electron chi connectivity index (χ0n) is 14.8. The van der Waals surface area contributed by atoms with Crippen LogP contribution in [0.25, 0.3) is 0 Å². The smallest absolute Gasteiger partial charge is 0.175 e. The minimum absolute atomic E-state index is 0.497. The summed E-state index contributed by atoms with van der Waals surface area (Å²) in [6, 6.07) is 14.1. The van der Waals surface area contributed by atoms with Crippen LogP contribution in [0.15, 0.2) is 52.3 Å². The third-order valence-electron chi connectivity index (χ3n) is 3.82. The van der Waals surface area contributed by atoms with Crippen molar-refractivity contribution in [1.29, 1.82) is 0 Å². The second-order valence-electron chi connectivity index (χ2n) is 5.84.